The van der Waals surface area contributed by atoms with E-state index in [2.05, 4.69) is 10.1 Å². The van der Waals surface area contributed by atoms with Gasteiger partial charge in [0.15, 0.2) is 0 Å². The number of aliphatic hydroxyl groups excluding tert-OH is 1. The molecule has 1 heterocycles. The normalized spacial score (nSPS) is 12.7. The van der Waals surface area contributed by atoms with Gasteiger partial charge in [0, 0.05) is 31.0 Å². The first-order valence-electron chi connectivity index (χ1n) is 7.19. The lowest BCUT2D eigenvalue weighted by Gasteiger charge is -2.13. The fourth-order valence-corrected chi connectivity index (χ4v) is 2.20. The maximum atomic E-state index is 12.1. The number of nitrogens with one attached hydrogen (secondary N) is 1. The number of carbonyl (C=O) groups excluding carboxylic acids is 1. The van der Waals surface area contributed by atoms with Crippen molar-refractivity contribution < 1.29 is 27.8 Å². The largest absolute Gasteiger partial charge is 0.573 e. The van der Waals surface area contributed by atoms with Crippen LogP contribution >= 0.6 is 0 Å². The minimum atomic E-state index is -4.77. The van der Waals surface area contributed by atoms with E-state index in [4.69, 9.17) is 0 Å². The highest BCUT2D eigenvalue weighted by atomic mass is 19.4. The highest BCUT2D eigenvalue weighted by Crippen LogP contribution is 2.22. The summed E-state index contributed by atoms with van der Waals surface area (Å²) in [6, 6.07) is 8.21. The number of rotatable bonds is 6. The summed E-state index contributed by atoms with van der Waals surface area (Å²) in [4.78, 5) is 11.9. The molecule has 0 saturated carbocycles. The SMILES string of the molecule is Cn1cccc1[C@@H](O)CCNC(=O)c1ccc(OC(F)(F)F)cc1. The number of benzene rings is 1. The van der Waals surface area contributed by atoms with Crippen LogP contribution in [0.15, 0.2) is 42.6 Å². The summed E-state index contributed by atoms with van der Waals surface area (Å²) in [7, 11) is 1.81. The number of halogens is 3. The third-order valence-corrected chi connectivity index (χ3v) is 3.38. The van der Waals surface area contributed by atoms with Crippen LogP contribution in [0.3, 0.4) is 0 Å². The Balaban J connectivity index is 1.83. The van der Waals surface area contributed by atoms with Gasteiger partial charge in [-0.2, -0.15) is 0 Å². The van der Waals surface area contributed by atoms with Crippen molar-refractivity contribution in [3.05, 3.63) is 53.9 Å². The quantitative estimate of drug-likeness (QED) is 0.848. The third kappa shape index (κ3) is 5.02. The Morgan fingerprint density at radius 2 is 1.96 bits per heavy atom. The number of aromatic nitrogens is 1. The molecule has 0 bridgehead atoms. The summed E-state index contributed by atoms with van der Waals surface area (Å²) in [5.41, 5.74) is 0.941. The van der Waals surface area contributed by atoms with Gasteiger partial charge in [-0.05, 0) is 42.8 Å². The molecule has 130 valence electrons. The molecule has 2 aromatic rings. The second-order valence-electron chi connectivity index (χ2n) is 5.18. The van der Waals surface area contributed by atoms with Crippen molar-refractivity contribution in [2.45, 2.75) is 18.9 Å². The lowest BCUT2D eigenvalue weighted by Crippen LogP contribution is -2.26. The van der Waals surface area contributed by atoms with Gasteiger partial charge in [0.05, 0.1) is 6.10 Å². The van der Waals surface area contributed by atoms with Crippen LogP contribution in [0.5, 0.6) is 5.75 Å². The number of hydrogen-bond acceptors (Lipinski definition) is 3. The first kappa shape index (κ1) is 17.9. The van der Waals surface area contributed by atoms with Crippen LogP contribution in [0.4, 0.5) is 13.2 Å². The zero-order valence-electron chi connectivity index (χ0n) is 12.9. The topological polar surface area (TPSA) is 63.5 Å². The molecule has 0 unspecified atom stereocenters. The molecular formula is C16H17F3N2O3. The standard InChI is InChI=1S/C16H17F3N2O3/c1-21-10-2-3-13(21)14(22)8-9-20-15(23)11-4-6-12(7-5-11)24-16(17,18)19/h2-7,10,14,22H,8-9H2,1H3,(H,20,23)/t14-/m0/s1. The van der Waals surface area contributed by atoms with Gasteiger partial charge in [-0.25, -0.2) is 0 Å². The van der Waals surface area contributed by atoms with Crippen LogP contribution in [0, 0.1) is 0 Å². The Labute approximate surface area is 136 Å². The van der Waals surface area contributed by atoms with Gasteiger partial charge < -0.3 is 19.7 Å². The van der Waals surface area contributed by atoms with Crippen molar-refractivity contribution in [3.63, 3.8) is 0 Å². The number of aliphatic hydroxyl groups is 1. The van der Waals surface area contributed by atoms with Gasteiger partial charge in [0.1, 0.15) is 5.75 Å². The minimum absolute atomic E-state index is 0.206. The van der Waals surface area contributed by atoms with Gasteiger partial charge >= 0.3 is 6.36 Å². The molecule has 1 aromatic heterocycles. The molecule has 5 nitrogen and oxygen atoms in total. The lowest BCUT2D eigenvalue weighted by molar-refractivity contribution is -0.274. The number of alkyl halides is 3. The first-order valence-corrected chi connectivity index (χ1v) is 7.19. The van der Waals surface area contributed by atoms with Gasteiger partial charge in [-0.15, -0.1) is 13.2 Å². The number of amides is 1. The first-order chi connectivity index (χ1) is 11.3. The van der Waals surface area contributed by atoms with Crippen molar-refractivity contribution in [1.82, 2.24) is 9.88 Å². The molecule has 2 rings (SSSR count). The van der Waals surface area contributed by atoms with Crippen LogP contribution in [-0.4, -0.2) is 28.5 Å². The lowest BCUT2D eigenvalue weighted by atomic mass is 10.1. The van der Waals surface area contributed by atoms with E-state index < -0.39 is 24.1 Å². The van der Waals surface area contributed by atoms with Gasteiger partial charge in [-0.1, -0.05) is 0 Å². The third-order valence-electron chi connectivity index (χ3n) is 3.38. The van der Waals surface area contributed by atoms with E-state index in [9.17, 15) is 23.1 Å². The zero-order chi connectivity index (χ0) is 17.7. The van der Waals surface area contributed by atoms with Crippen molar-refractivity contribution in [3.8, 4) is 5.75 Å². The number of hydrogen-bond donors (Lipinski definition) is 2. The molecule has 0 aliphatic carbocycles. The number of aryl methyl sites for hydroxylation is 1. The van der Waals surface area contributed by atoms with Gasteiger partial charge in [-0.3, -0.25) is 4.79 Å². The molecule has 24 heavy (non-hydrogen) atoms. The molecule has 2 N–H and O–H groups in total. The fraction of sp³-hybridized carbons (Fsp3) is 0.312. The van der Waals surface area contributed by atoms with E-state index in [-0.39, 0.29) is 12.1 Å². The monoisotopic (exact) mass is 342 g/mol. The van der Waals surface area contributed by atoms with Crippen molar-refractivity contribution >= 4 is 5.91 Å². The molecule has 1 amide bonds. The molecule has 0 radical (unpaired) electrons. The van der Waals surface area contributed by atoms with E-state index in [1.165, 1.54) is 12.1 Å². The molecule has 0 aliphatic rings. The van der Waals surface area contributed by atoms with E-state index >= 15 is 0 Å². The van der Waals surface area contributed by atoms with E-state index in [0.717, 1.165) is 17.8 Å². The van der Waals surface area contributed by atoms with Crippen LogP contribution in [0.2, 0.25) is 0 Å². The average molecular weight is 342 g/mol. The molecular weight excluding hydrogens is 325 g/mol. The molecule has 0 aliphatic heterocycles. The van der Waals surface area contributed by atoms with E-state index in [0.29, 0.717) is 6.42 Å². The Morgan fingerprint density at radius 3 is 2.50 bits per heavy atom. The molecule has 1 aromatic carbocycles. The summed E-state index contributed by atoms with van der Waals surface area (Å²) in [5, 5.41) is 12.6. The Morgan fingerprint density at radius 1 is 1.29 bits per heavy atom. The summed E-state index contributed by atoms with van der Waals surface area (Å²) in [6.07, 6.45) is -3.36. The van der Waals surface area contributed by atoms with E-state index in [1.807, 2.05) is 19.3 Å². The molecule has 0 fully saturated rings. The summed E-state index contributed by atoms with van der Waals surface area (Å²) < 4.78 is 41.7. The predicted molar refractivity (Wildman–Crippen MR) is 80.4 cm³/mol. The summed E-state index contributed by atoms with van der Waals surface area (Å²) in [6.45, 7) is 0.228. The average Bonchev–Trinajstić information content (AvgIpc) is 2.92. The Hall–Kier alpha value is -2.48. The molecule has 0 saturated heterocycles. The van der Waals surface area contributed by atoms with Gasteiger partial charge in [0.25, 0.3) is 5.91 Å². The maximum absolute atomic E-state index is 12.1. The van der Waals surface area contributed by atoms with Crippen molar-refractivity contribution in [2.24, 2.45) is 7.05 Å². The Bertz CT molecular complexity index is 681. The molecule has 8 heteroatoms. The van der Waals surface area contributed by atoms with Crippen LogP contribution in [0.1, 0.15) is 28.6 Å². The van der Waals surface area contributed by atoms with Crippen LogP contribution in [-0.2, 0) is 7.05 Å². The number of nitrogens with zero attached hydrogens (tertiary/aromatic N) is 1. The smallest absolute Gasteiger partial charge is 0.406 e. The van der Waals surface area contributed by atoms with Gasteiger partial charge in [0.2, 0.25) is 0 Å². The summed E-state index contributed by atoms with van der Waals surface area (Å²) >= 11 is 0. The predicted octanol–water partition coefficient (Wildman–Crippen LogP) is 2.78. The Kier molecular flexibility index (Phi) is 5.50. The maximum Gasteiger partial charge on any atom is 0.573 e. The zero-order valence-corrected chi connectivity index (χ0v) is 12.9. The molecule has 0 spiro atoms. The van der Waals surface area contributed by atoms with Crippen LogP contribution in [0.25, 0.3) is 0 Å². The fourth-order valence-electron chi connectivity index (χ4n) is 2.20. The second kappa shape index (κ2) is 7.39. The second-order valence-corrected chi connectivity index (χ2v) is 5.18. The number of carbonyl (C=O) groups is 1. The highest BCUT2D eigenvalue weighted by molar-refractivity contribution is 5.94. The minimum Gasteiger partial charge on any atom is -0.406 e. The highest BCUT2D eigenvalue weighted by Gasteiger charge is 2.31. The summed E-state index contributed by atoms with van der Waals surface area (Å²) in [5.74, 6) is -0.828. The number of ether oxygens (including phenoxy) is 1. The molecule has 1 atom stereocenters. The van der Waals surface area contributed by atoms with E-state index in [1.54, 1.807) is 10.6 Å². The van der Waals surface area contributed by atoms with Crippen molar-refractivity contribution in [1.29, 1.82) is 0 Å². The van der Waals surface area contributed by atoms with Crippen molar-refractivity contribution in [2.75, 3.05) is 6.54 Å². The van der Waals surface area contributed by atoms with Crippen LogP contribution < -0.4 is 10.1 Å².